The molecule has 296 valence electrons. The Kier molecular flexibility index (Phi) is 13.6. The number of hydrazine groups is 1. The van der Waals surface area contributed by atoms with E-state index in [0.29, 0.717) is 31.6 Å². The lowest BCUT2D eigenvalue weighted by Gasteiger charge is -2.35. The number of carbonyl (C=O) groups is 3. The molecule has 2 fully saturated rings. The second-order valence-electron chi connectivity index (χ2n) is 15.1. The van der Waals surface area contributed by atoms with Gasteiger partial charge in [0.25, 0.3) is 0 Å². The number of dihydropyridines is 1. The van der Waals surface area contributed by atoms with Gasteiger partial charge in [-0.2, -0.15) is 13.2 Å². The molecule has 3 heterocycles. The molecular weight excluding hydrogens is 711 g/mol. The summed E-state index contributed by atoms with van der Waals surface area (Å²) in [6.07, 6.45) is 4.93. The molecule has 8 atom stereocenters. The van der Waals surface area contributed by atoms with Gasteiger partial charge in [-0.25, -0.2) is 14.6 Å². The van der Waals surface area contributed by atoms with Gasteiger partial charge in [0.1, 0.15) is 12.1 Å². The number of methoxy groups -OCH3 is 1. The molecular formula is C38H50F3N5O8. The van der Waals surface area contributed by atoms with Crippen LogP contribution in [0.5, 0.6) is 0 Å². The van der Waals surface area contributed by atoms with Crippen LogP contribution in [-0.4, -0.2) is 98.4 Å². The number of aliphatic hydroxyl groups is 1. The van der Waals surface area contributed by atoms with Crippen LogP contribution in [0.15, 0.2) is 65.2 Å². The van der Waals surface area contributed by atoms with E-state index in [2.05, 4.69) is 33.2 Å². The highest BCUT2D eigenvalue weighted by atomic mass is 19.4. The van der Waals surface area contributed by atoms with Crippen molar-refractivity contribution in [3.8, 4) is 0 Å². The van der Waals surface area contributed by atoms with Crippen LogP contribution < -0.4 is 16.1 Å². The first-order chi connectivity index (χ1) is 25.6. The smallest absolute Gasteiger partial charge is 0.422 e. The highest BCUT2D eigenvalue weighted by Crippen LogP contribution is 2.33. The van der Waals surface area contributed by atoms with Crippen molar-refractivity contribution in [2.75, 3.05) is 33.4 Å². The molecule has 3 amide bonds. The molecule has 0 saturated carbocycles. The zero-order chi connectivity index (χ0) is 39.0. The van der Waals surface area contributed by atoms with Crippen LogP contribution in [-0.2, 0) is 36.5 Å². The van der Waals surface area contributed by atoms with E-state index in [1.807, 2.05) is 18.2 Å². The van der Waals surface area contributed by atoms with E-state index < -0.39 is 65.8 Å². The van der Waals surface area contributed by atoms with Gasteiger partial charge in [0.2, 0.25) is 5.91 Å². The Hall–Kier alpha value is -4.25. The molecule has 0 bridgehead atoms. The molecule has 0 radical (unpaired) electrons. The van der Waals surface area contributed by atoms with Gasteiger partial charge in [-0.3, -0.25) is 15.2 Å². The number of alkyl halides is 3. The van der Waals surface area contributed by atoms with Crippen molar-refractivity contribution in [3.05, 3.63) is 71.3 Å². The largest absolute Gasteiger partial charge is 0.453 e. The third-order valence-corrected chi connectivity index (χ3v) is 9.96. The Balaban J connectivity index is 1.35. The van der Waals surface area contributed by atoms with Crippen molar-refractivity contribution < 1.29 is 51.6 Å². The first-order valence-corrected chi connectivity index (χ1v) is 18.1. The molecule has 1 aromatic carbocycles. The highest BCUT2D eigenvalue weighted by molar-refractivity contribution is 5.86. The van der Waals surface area contributed by atoms with Gasteiger partial charge in [0.05, 0.1) is 44.0 Å². The Morgan fingerprint density at radius 3 is 2.46 bits per heavy atom. The average molecular weight is 762 g/mol. The van der Waals surface area contributed by atoms with Crippen LogP contribution in [0.3, 0.4) is 0 Å². The summed E-state index contributed by atoms with van der Waals surface area (Å²) in [5.74, 6) is -0.651. The lowest BCUT2D eigenvalue weighted by molar-refractivity contribution is -0.137. The lowest BCUT2D eigenvalue weighted by Crippen LogP contribution is -2.59. The Morgan fingerprint density at radius 1 is 1.07 bits per heavy atom. The molecule has 4 N–H and O–H groups in total. The number of hydrogen-bond acceptors (Lipinski definition) is 10. The summed E-state index contributed by atoms with van der Waals surface area (Å²) in [6, 6.07) is 2.51. The Labute approximate surface area is 313 Å². The van der Waals surface area contributed by atoms with Crippen molar-refractivity contribution in [1.29, 1.82) is 0 Å². The molecule has 0 spiro atoms. The van der Waals surface area contributed by atoms with Crippen molar-refractivity contribution in [2.24, 2.45) is 28.2 Å². The average Bonchev–Trinajstić information content (AvgIpc) is 3.75. The number of halogens is 3. The zero-order valence-electron chi connectivity index (χ0n) is 30.9. The zero-order valence-corrected chi connectivity index (χ0v) is 30.9. The summed E-state index contributed by atoms with van der Waals surface area (Å²) >= 11 is 0. The third-order valence-electron chi connectivity index (χ3n) is 9.96. The highest BCUT2D eigenvalue weighted by Gasteiger charge is 2.44. The monoisotopic (exact) mass is 761 g/mol. The number of rotatable bonds is 13. The summed E-state index contributed by atoms with van der Waals surface area (Å²) in [7, 11) is 1.19. The fraction of sp³-hybridized carbons (Fsp3) is 0.579. The molecule has 1 aromatic rings. The quantitative estimate of drug-likeness (QED) is 0.210. The van der Waals surface area contributed by atoms with Crippen molar-refractivity contribution in [3.63, 3.8) is 0 Å². The third kappa shape index (κ3) is 11.1. The normalized spacial score (nSPS) is 25.4. The van der Waals surface area contributed by atoms with E-state index in [4.69, 9.17) is 18.9 Å². The topological polar surface area (TPSA) is 160 Å². The minimum Gasteiger partial charge on any atom is -0.453 e. The summed E-state index contributed by atoms with van der Waals surface area (Å²) in [6.45, 7) is 6.21. The number of alkyl carbamates (subject to hydrolysis) is 1. The van der Waals surface area contributed by atoms with E-state index in [1.54, 1.807) is 27.0 Å². The van der Waals surface area contributed by atoms with Crippen LogP contribution in [0.1, 0.15) is 51.2 Å². The minimum absolute atomic E-state index is 0.100. The molecule has 13 nitrogen and oxygen atoms in total. The molecule has 5 rings (SSSR count). The van der Waals surface area contributed by atoms with Crippen LogP contribution in [0.4, 0.5) is 22.8 Å². The maximum absolute atomic E-state index is 13.8. The SMILES string of the molecule is COC(=O)NC(C(=O)NC(CC1C=CC(C2C=CC=NC2)=CC1)C(O)CN(Cc1ccc(C(F)(F)F)cc1)NC(=O)OC1COC2OCCC12)C(C)(C)C. The van der Waals surface area contributed by atoms with Crippen LogP contribution in [0.25, 0.3) is 0 Å². The van der Waals surface area contributed by atoms with E-state index in [9.17, 15) is 32.7 Å². The molecule has 4 aliphatic rings. The lowest BCUT2D eigenvalue weighted by atomic mass is 9.84. The number of nitrogens with zero attached hydrogens (tertiary/aromatic N) is 2. The minimum atomic E-state index is -4.54. The summed E-state index contributed by atoms with van der Waals surface area (Å²) in [5.41, 5.74) is 2.59. The molecule has 54 heavy (non-hydrogen) atoms. The molecule has 0 aromatic heterocycles. The van der Waals surface area contributed by atoms with Gasteiger partial charge < -0.3 is 34.7 Å². The van der Waals surface area contributed by atoms with Crippen LogP contribution >= 0.6 is 0 Å². The van der Waals surface area contributed by atoms with Gasteiger partial charge in [-0.15, -0.1) is 0 Å². The number of benzene rings is 1. The van der Waals surface area contributed by atoms with Crippen molar-refractivity contribution in [1.82, 2.24) is 21.1 Å². The van der Waals surface area contributed by atoms with Crippen LogP contribution in [0, 0.1) is 23.2 Å². The van der Waals surface area contributed by atoms with Crippen molar-refractivity contribution in [2.45, 2.75) is 83.3 Å². The summed E-state index contributed by atoms with van der Waals surface area (Å²) < 4.78 is 61.5. The predicted octanol–water partition coefficient (Wildman–Crippen LogP) is 4.68. The molecule has 2 saturated heterocycles. The predicted molar refractivity (Wildman–Crippen MR) is 192 cm³/mol. The fourth-order valence-corrected chi connectivity index (χ4v) is 6.95. The Bertz CT molecular complexity index is 1590. The number of fused-ring (bicyclic) bond motifs is 1. The number of nitrogens with one attached hydrogen (secondary N) is 3. The van der Waals surface area contributed by atoms with E-state index >= 15 is 0 Å². The standard InChI is InChI=1S/C38H50F3N5O8/c1-37(2,3)32(44-35(49)51-4)33(48)43-29(18-23-7-11-25(12-8-23)26-6-5-16-42-19-26)30(47)21-46(20-24-9-13-27(14-10-24)38(39,40)41)45-36(50)54-31-22-53-34-28(31)15-17-52-34/h5-7,9-14,16,23,26,28-32,34,47H,8,15,17-22H2,1-4H3,(H,43,48)(H,44,49)(H,45,50). The van der Waals surface area contributed by atoms with E-state index in [1.165, 1.54) is 24.3 Å². The van der Waals surface area contributed by atoms with E-state index in [-0.39, 0.29) is 43.9 Å². The molecule has 1 aliphatic carbocycles. The summed E-state index contributed by atoms with van der Waals surface area (Å²) in [5, 5.41) is 18.7. The van der Waals surface area contributed by atoms with Gasteiger partial charge in [-0.1, -0.05) is 57.2 Å². The summed E-state index contributed by atoms with van der Waals surface area (Å²) in [4.78, 5) is 43.7. The van der Waals surface area contributed by atoms with Gasteiger partial charge in [-0.05, 0) is 59.9 Å². The second-order valence-corrected chi connectivity index (χ2v) is 15.1. The van der Waals surface area contributed by atoms with Crippen molar-refractivity contribution >= 4 is 24.3 Å². The number of aliphatic hydroxyl groups excluding tert-OH is 1. The number of allylic oxidation sites excluding steroid dienone is 4. The number of amides is 3. The number of hydrogen-bond donors (Lipinski definition) is 4. The number of aliphatic imine (C=N–C) groups is 1. The molecule has 3 aliphatic heterocycles. The Morgan fingerprint density at radius 2 is 1.83 bits per heavy atom. The van der Waals surface area contributed by atoms with Gasteiger partial charge in [0, 0.05) is 31.8 Å². The molecule has 16 heteroatoms. The van der Waals surface area contributed by atoms with Gasteiger partial charge >= 0.3 is 18.4 Å². The number of ether oxygens (including phenoxy) is 4. The maximum atomic E-state index is 13.8. The van der Waals surface area contributed by atoms with E-state index in [0.717, 1.165) is 17.7 Å². The van der Waals surface area contributed by atoms with Crippen LogP contribution in [0.2, 0.25) is 0 Å². The van der Waals surface area contributed by atoms with Gasteiger partial charge in [0.15, 0.2) is 6.29 Å². The fourth-order valence-electron chi connectivity index (χ4n) is 6.95. The number of carbonyl (C=O) groups excluding carboxylic acids is 3. The second kappa shape index (κ2) is 17.9. The first kappa shape index (κ1) is 40.9. The molecule has 8 unspecified atom stereocenters. The first-order valence-electron chi connectivity index (χ1n) is 18.1. The maximum Gasteiger partial charge on any atom is 0.422 e.